The van der Waals surface area contributed by atoms with Crippen LogP contribution in [0.25, 0.3) is 0 Å². The van der Waals surface area contributed by atoms with E-state index in [1.54, 1.807) is 6.20 Å². The summed E-state index contributed by atoms with van der Waals surface area (Å²) in [4.78, 5) is 4.36. The van der Waals surface area contributed by atoms with E-state index < -0.39 is 9.84 Å². The largest absolute Gasteiger partial charge is 0.313 e. The predicted octanol–water partition coefficient (Wildman–Crippen LogP) is 2.33. The zero-order valence-electron chi connectivity index (χ0n) is 11.7. The third-order valence-corrected chi connectivity index (χ3v) is 6.58. The Labute approximate surface area is 129 Å². The molecule has 0 saturated carbocycles. The molecule has 6 heteroatoms. The van der Waals surface area contributed by atoms with E-state index in [2.05, 4.69) is 26.2 Å². The Morgan fingerprint density at radius 2 is 2.25 bits per heavy atom. The van der Waals surface area contributed by atoms with Crippen molar-refractivity contribution in [3.8, 4) is 0 Å². The quantitative estimate of drug-likeness (QED) is 0.875. The highest BCUT2D eigenvalue weighted by atomic mass is 79.9. The average Bonchev–Trinajstić information content (AvgIpc) is 2.40. The van der Waals surface area contributed by atoms with Crippen molar-refractivity contribution in [2.75, 3.05) is 12.3 Å². The van der Waals surface area contributed by atoms with Crippen LogP contribution < -0.4 is 5.32 Å². The lowest BCUT2D eigenvalue weighted by atomic mass is 10.0. The molecular formula is C14H21BrN2O2S. The van der Waals surface area contributed by atoms with Crippen LogP contribution in [0.3, 0.4) is 0 Å². The third kappa shape index (κ3) is 4.02. The van der Waals surface area contributed by atoms with Gasteiger partial charge in [-0.15, -0.1) is 0 Å². The number of hydrogen-bond donors (Lipinski definition) is 1. The van der Waals surface area contributed by atoms with Gasteiger partial charge in [-0.2, -0.15) is 0 Å². The van der Waals surface area contributed by atoms with Gasteiger partial charge in [-0.1, -0.05) is 13.3 Å². The van der Waals surface area contributed by atoms with Gasteiger partial charge in [0.25, 0.3) is 0 Å². The van der Waals surface area contributed by atoms with E-state index in [4.69, 9.17) is 0 Å². The number of nitrogens with one attached hydrogen (secondary N) is 1. The molecule has 1 aliphatic heterocycles. The topological polar surface area (TPSA) is 59.1 Å². The number of pyridine rings is 1. The van der Waals surface area contributed by atoms with E-state index in [9.17, 15) is 8.42 Å². The van der Waals surface area contributed by atoms with Gasteiger partial charge in [-0.05, 0) is 47.4 Å². The molecule has 4 nitrogen and oxygen atoms in total. The second-order valence-corrected chi connectivity index (χ2v) is 8.49. The minimum absolute atomic E-state index is 0.0426. The molecule has 112 valence electrons. The fourth-order valence-electron chi connectivity index (χ4n) is 2.78. The summed E-state index contributed by atoms with van der Waals surface area (Å²) < 4.78 is 25.5. The van der Waals surface area contributed by atoms with Crippen LogP contribution in [-0.2, 0) is 16.3 Å². The Hall–Kier alpha value is -0.460. The van der Waals surface area contributed by atoms with Crippen molar-refractivity contribution in [1.82, 2.24) is 10.3 Å². The minimum Gasteiger partial charge on any atom is -0.313 e. The standard InChI is InChI=1S/C14H21BrN2O2S/c1-2-16-13(9-12-7-6-11(15)10-17-12)14-5-3-4-8-20(14,18)19/h6-7,10,13-14,16H,2-5,8-9H2,1H3. The van der Waals surface area contributed by atoms with E-state index in [0.29, 0.717) is 12.2 Å². The second kappa shape index (κ2) is 7.00. The zero-order chi connectivity index (χ0) is 14.6. The van der Waals surface area contributed by atoms with Crippen LogP contribution in [0, 0.1) is 0 Å². The van der Waals surface area contributed by atoms with Crippen molar-refractivity contribution < 1.29 is 8.42 Å². The molecule has 0 aliphatic carbocycles. The zero-order valence-corrected chi connectivity index (χ0v) is 14.1. The van der Waals surface area contributed by atoms with Gasteiger partial charge in [0, 0.05) is 28.8 Å². The van der Waals surface area contributed by atoms with Crippen LogP contribution in [0.5, 0.6) is 0 Å². The Bertz CT molecular complexity index is 531. The molecule has 20 heavy (non-hydrogen) atoms. The first-order valence-electron chi connectivity index (χ1n) is 7.08. The second-order valence-electron chi connectivity index (χ2n) is 5.24. The maximum absolute atomic E-state index is 12.3. The number of hydrogen-bond acceptors (Lipinski definition) is 4. The summed E-state index contributed by atoms with van der Waals surface area (Å²) in [5.74, 6) is 0.327. The molecule has 0 bridgehead atoms. The molecule has 2 rings (SSSR count). The van der Waals surface area contributed by atoms with Crippen LogP contribution in [0.1, 0.15) is 31.9 Å². The van der Waals surface area contributed by atoms with Crippen molar-refractivity contribution >= 4 is 25.8 Å². The Balaban J connectivity index is 2.15. The highest BCUT2D eigenvalue weighted by Crippen LogP contribution is 2.24. The minimum atomic E-state index is -2.97. The van der Waals surface area contributed by atoms with Crippen LogP contribution >= 0.6 is 15.9 Å². The summed E-state index contributed by atoms with van der Waals surface area (Å²) in [7, 11) is -2.97. The molecule has 2 heterocycles. The summed E-state index contributed by atoms with van der Waals surface area (Å²) in [6.45, 7) is 2.78. The summed E-state index contributed by atoms with van der Waals surface area (Å²) in [6.07, 6.45) is 4.98. The number of likely N-dealkylation sites (N-methyl/N-ethyl adjacent to an activating group) is 1. The fraction of sp³-hybridized carbons (Fsp3) is 0.643. The summed E-state index contributed by atoms with van der Waals surface area (Å²) >= 11 is 3.36. The third-order valence-electron chi connectivity index (χ3n) is 3.76. The van der Waals surface area contributed by atoms with E-state index in [-0.39, 0.29) is 11.3 Å². The van der Waals surface area contributed by atoms with Crippen molar-refractivity contribution in [2.24, 2.45) is 0 Å². The number of nitrogens with zero attached hydrogens (tertiary/aromatic N) is 1. The molecule has 1 N–H and O–H groups in total. The highest BCUT2D eigenvalue weighted by Gasteiger charge is 2.35. The van der Waals surface area contributed by atoms with Crippen molar-refractivity contribution in [3.63, 3.8) is 0 Å². The molecule has 1 aromatic rings. The first-order chi connectivity index (χ1) is 9.53. The van der Waals surface area contributed by atoms with Gasteiger partial charge in [-0.3, -0.25) is 4.98 Å². The van der Waals surface area contributed by atoms with E-state index in [1.165, 1.54) is 0 Å². The molecule has 0 radical (unpaired) electrons. The summed E-state index contributed by atoms with van der Waals surface area (Å²) in [5, 5.41) is 3.06. The molecule has 1 saturated heterocycles. The fourth-order valence-corrected chi connectivity index (χ4v) is 5.14. The molecule has 0 amide bonds. The summed E-state index contributed by atoms with van der Waals surface area (Å²) in [6, 6.07) is 3.85. The van der Waals surface area contributed by atoms with E-state index in [1.807, 2.05) is 19.1 Å². The number of halogens is 1. The van der Waals surface area contributed by atoms with Crippen LogP contribution in [0.4, 0.5) is 0 Å². The van der Waals surface area contributed by atoms with E-state index >= 15 is 0 Å². The normalized spacial score (nSPS) is 23.4. The van der Waals surface area contributed by atoms with Crippen LogP contribution in [0.15, 0.2) is 22.8 Å². The molecular weight excluding hydrogens is 340 g/mol. The van der Waals surface area contributed by atoms with Crippen LogP contribution in [-0.4, -0.2) is 37.0 Å². The summed E-state index contributed by atoms with van der Waals surface area (Å²) in [5.41, 5.74) is 0.930. The lowest BCUT2D eigenvalue weighted by Crippen LogP contribution is -2.48. The van der Waals surface area contributed by atoms with Gasteiger partial charge < -0.3 is 5.32 Å². The van der Waals surface area contributed by atoms with Crippen molar-refractivity contribution in [2.45, 2.75) is 43.9 Å². The molecule has 1 fully saturated rings. The first-order valence-corrected chi connectivity index (χ1v) is 9.59. The smallest absolute Gasteiger partial charge is 0.154 e. The molecule has 1 aromatic heterocycles. The van der Waals surface area contributed by atoms with Gasteiger partial charge in [0.05, 0.1) is 11.0 Å². The predicted molar refractivity (Wildman–Crippen MR) is 84.5 cm³/mol. The monoisotopic (exact) mass is 360 g/mol. The van der Waals surface area contributed by atoms with E-state index in [0.717, 1.165) is 36.0 Å². The number of aromatic nitrogens is 1. The highest BCUT2D eigenvalue weighted by molar-refractivity contribution is 9.10. The van der Waals surface area contributed by atoms with Gasteiger partial charge >= 0.3 is 0 Å². The maximum Gasteiger partial charge on any atom is 0.154 e. The van der Waals surface area contributed by atoms with Crippen LogP contribution in [0.2, 0.25) is 0 Å². The molecule has 2 unspecified atom stereocenters. The van der Waals surface area contributed by atoms with Gasteiger partial charge in [0.2, 0.25) is 0 Å². The Morgan fingerprint density at radius 1 is 1.45 bits per heavy atom. The maximum atomic E-state index is 12.3. The van der Waals surface area contributed by atoms with Gasteiger partial charge in [-0.25, -0.2) is 8.42 Å². The number of rotatable bonds is 5. The molecule has 1 aliphatic rings. The Kier molecular flexibility index (Phi) is 5.57. The first kappa shape index (κ1) is 15.9. The average molecular weight is 361 g/mol. The Morgan fingerprint density at radius 3 is 2.85 bits per heavy atom. The number of sulfone groups is 1. The van der Waals surface area contributed by atoms with Crippen molar-refractivity contribution in [1.29, 1.82) is 0 Å². The molecule has 0 spiro atoms. The lowest BCUT2D eigenvalue weighted by molar-refractivity contribution is 0.438. The van der Waals surface area contributed by atoms with Gasteiger partial charge in [0.1, 0.15) is 0 Å². The van der Waals surface area contributed by atoms with Crippen molar-refractivity contribution in [3.05, 3.63) is 28.5 Å². The van der Waals surface area contributed by atoms with Gasteiger partial charge in [0.15, 0.2) is 9.84 Å². The lowest BCUT2D eigenvalue weighted by Gasteiger charge is -2.30. The molecule has 2 atom stereocenters. The molecule has 0 aromatic carbocycles. The SMILES string of the molecule is CCNC(Cc1ccc(Br)cn1)C1CCCCS1(=O)=O.